The van der Waals surface area contributed by atoms with Crippen LogP contribution in [0.4, 0.5) is 0 Å². The molecule has 15 heavy (non-hydrogen) atoms. The molecule has 1 rings (SSSR count). The predicted octanol–water partition coefficient (Wildman–Crippen LogP) is -1.69. The number of morpholine rings is 1. The minimum absolute atomic E-state index is 0.0735. The van der Waals surface area contributed by atoms with Crippen molar-refractivity contribution in [3.63, 3.8) is 0 Å². The Labute approximate surface area is 88.7 Å². The molecule has 1 unspecified atom stereocenters. The third kappa shape index (κ3) is 2.90. The number of carbonyl (C=O) groups is 2. The molecule has 2 amide bonds. The molecule has 1 heterocycles. The number of amides is 2. The summed E-state index contributed by atoms with van der Waals surface area (Å²) in [5.41, 5.74) is 5.28. The van der Waals surface area contributed by atoms with Gasteiger partial charge in [-0.25, -0.2) is 0 Å². The van der Waals surface area contributed by atoms with Crippen LogP contribution in [0.5, 0.6) is 0 Å². The van der Waals surface area contributed by atoms with E-state index in [0.29, 0.717) is 19.7 Å². The minimum atomic E-state index is -0.533. The van der Waals surface area contributed by atoms with Crippen LogP contribution in [0.25, 0.3) is 0 Å². The van der Waals surface area contributed by atoms with Crippen molar-refractivity contribution in [2.75, 3.05) is 32.8 Å². The second-order valence-corrected chi connectivity index (χ2v) is 3.28. The highest BCUT2D eigenvalue weighted by Crippen LogP contribution is 2.07. The summed E-state index contributed by atoms with van der Waals surface area (Å²) >= 11 is 0. The van der Waals surface area contributed by atoms with E-state index in [1.807, 2.05) is 6.92 Å². The summed E-state index contributed by atoms with van der Waals surface area (Å²) in [6.45, 7) is 3.43. The van der Waals surface area contributed by atoms with Crippen molar-refractivity contribution in [2.45, 2.75) is 13.0 Å². The lowest BCUT2D eigenvalue weighted by molar-refractivity contribution is -0.147. The Balaban J connectivity index is 2.65. The van der Waals surface area contributed by atoms with Gasteiger partial charge < -0.3 is 20.7 Å². The zero-order chi connectivity index (χ0) is 11.3. The zero-order valence-corrected chi connectivity index (χ0v) is 8.86. The Morgan fingerprint density at radius 3 is 2.93 bits per heavy atom. The van der Waals surface area contributed by atoms with Crippen LogP contribution >= 0.6 is 0 Å². The number of ether oxygens (including phenoxy) is 1. The predicted molar refractivity (Wildman–Crippen MR) is 54.1 cm³/mol. The topological polar surface area (TPSA) is 84.7 Å². The molecular formula is C9H17N3O3. The van der Waals surface area contributed by atoms with Gasteiger partial charge in [-0.15, -0.1) is 0 Å². The molecule has 0 radical (unpaired) electrons. The Kier molecular flexibility index (Phi) is 4.51. The van der Waals surface area contributed by atoms with Crippen molar-refractivity contribution in [3.8, 4) is 0 Å². The van der Waals surface area contributed by atoms with Crippen LogP contribution in [0.15, 0.2) is 0 Å². The summed E-state index contributed by atoms with van der Waals surface area (Å²) in [7, 11) is 0. The van der Waals surface area contributed by atoms with Crippen LogP contribution in [0.1, 0.15) is 6.92 Å². The molecule has 6 nitrogen and oxygen atoms in total. The van der Waals surface area contributed by atoms with E-state index in [2.05, 4.69) is 5.32 Å². The highest BCUT2D eigenvalue weighted by Gasteiger charge is 2.31. The van der Waals surface area contributed by atoms with Gasteiger partial charge in [-0.05, 0) is 6.92 Å². The fraction of sp³-hybridized carbons (Fsp3) is 0.778. The fourth-order valence-corrected chi connectivity index (χ4v) is 1.53. The lowest BCUT2D eigenvalue weighted by atomic mass is 10.2. The summed E-state index contributed by atoms with van der Waals surface area (Å²) in [6.07, 6.45) is 0. The maximum atomic E-state index is 11.6. The van der Waals surface area contributed by atoms with Gasteiger partial charge in [0, 0.05) is 13.1 Å². The molecule has 3 N–H and O–H groups in total. The summed E-state index contributed by atoms with van der Waals surface area (Å²) in [6, 6.07) is -0.533. The first-order valence-electron chi connectivity index (χ1n) is 5.05. The quantitative estimate of drug-likeness (QED) is 0.588. The number of hydrogen-bond donors (Lipinski definition) is 2. The van der Waals surface area contributed by atoms with Crippen LogP contribution in [0.3, 0.4) is 0 Å². The van der Waals surface area contributed by atoms with Crippen molar-refractivity contribution >= 4 is 11.8 Å². The van der Waals surface area contributed by atoms with Crippen molar-refractivity contribution < 1.29 is 14.3 Å². The highest BCUT2D eigenvalue weighted by atomic mass is 16.5. The Hall–Kier alpha value is -1.14. The fourth-order valence-electron chi connectivity index (χ4n) is 1.53. The minimum Gasteiger partial charge on any atom is -0.377 e. The van der Waals surface area contributed by atoms with Gasteiger partial charge in [-0.3, -0.25) is 9.59 Å². The smallest absolute Gasteiger partial charge is 0.245 e. The monoisotopic (exact) mass is 215 g/mol. The van der Waals surface area contributed by atoms with E-state index in [0.717, 1.165) is 0 Å². The van der Waals surface area contributed by atoms with Crippen LogP contribution in [-0.4, -0.2) is 55.6 Å². The van der Waals surface area contributed by atoms with Gasteiger partial charge in [-0.2, -0.15) is 0 Å². The normalized spacial score (nSPS) is 21.2. The van der Waals surface area contributed by atoms with Crippen LogP contribution in [-0.2, 0) is 14.3 Å². The average Bonchev–Trinajstić information content (AvgIpc) is 2.28. The van der Waals surface area contributed by atoms with E-state index in [1.54, 1.807) is 0 Å². The van der Waals surface area contributed by atoms with Gasteiger partial charge in [0.1, 0.15) is 6.04 Å². The summed E-state index contributed by atoms with van der Waals surface area (Å²) in [5, 5.41) is 2.67. The molecule has 0 spiro atoms. The van der Waals surface area contributed by atoms with Gasteiger partial charge in [0.2, 0.25) is 11.8 Å². The molecule has 0 bridgehead atoms. The first kappa shape index (κ1) is 11.9. The number of rotatable bonds is 3. The lowest BCUT2D eigenvalue weighted by Gasteiger charge is -2.34. The summed E-state index contributed by atoms with van der Waals surface area (Å²) in [5.74, 6) is -0.395. The van der Waals surface area contributed by atoms with Gasteiger partial charge >= 0.3 is 0 Å². The maximum absolute atomic E-state index is 11.6. The number of nitrogens with two attached hydrogens (primary N) is 1. The molecule has 0 aromatic carbocycles. The Morgan fingerprint density at radius 2 is 2.33 bits per heavy atom. The molecular weight excluding hydrogens is 198 g/mol. The van der Waals surface area contributed by atoms with Gasteiger partial charge in [-0.1, -0.05) is 0 Å². The molecule has 0 aromatic rings. The first-order chi connectivity index (χ1) is 7.20. The molecule has 0 aromatic heterocycles. The number of likely N-dealkylation sites (N-methyl/N-ethyl adjacent to an activating group) is 1. The van der Waals surface area contributed by atoms with E-state index in [-0.39, 0.29) is 25.0 Å². The molecule has 1 aliphatic rings. The third-order valence-electron chi connectivity index (χ3n) is 2.28. The third-order valence-corrected chi connectivity index (χ3v) is 2.28. The molecule has 86 valence electrons. The first-order valence-corrected chi connectivity index (χ1v) is 5.05. The Morgan fingerprint density at radius 1 is 1.60 bits per heavy atom. The van der Waals surface area contributed by atoms with Gasteiger partial charge in [0.05, 0.1) is 19.8 Å². The van der Waals surface area contributed by atoms with Crippen molar-refractivity contribution in [3.05, 3.63) is 0 Å². The molecule has 1 fully saturated rings. The van der Waals surface area contributed by atoms with E-state index in [1.165, 1.54) is 4.90 Å². The van der Waals surface area contributed by atoms with Crippen LogP contribution < -0.4 is 11.1 Å². The molecule has 0 aliphatic carbocycles. The molecule has 1 saturated heterocycles. The van der Waals surface area contributed by atoms with Crippen LogP contribution in [0.2, 0.25) is 0 Å². The highest BCUT2D eigenvalue weighted by molar-refractivity contribution is 5.88. The number of nitrogens with zero attached hydrogens (tertiary/aromatic N) is 1. The second kappa shape index (κ2) is 5.67. The van der Waals surface area contributed by atoms with E-state index < -0.39 is 6.04 Å². The Bertz CT molecular complexity index is 245. The second-order valence-electron chi connectivity index (χ2n) is 3.28. The van der Waals surface area contributed by atoms with Crippen molar-refractivity contribution in [1.82, 2.24) is 10.2 Å². The number of carbonyl (C=O) groups excluding carboxylic acids is 2. The van der Waals surface area contributed by atoms with E-state index in [9.17, 15) is 9.59 Å². The van der Waals surface area contributed by atoms with Crippen molar-refractivity contribution in [2.24, 2.45) is 5.73 Å². The van der Waals surface area contributed by atoms with Crippen LogP contribution in [0, 0.1) is 0 Å². The molecule has 1 aliphatic heterocycles. The van der Waals surface area contributed by atoms with Crippen molar-refractivity contribution in [1.29, 1.82) is 0 Å². The summed E-state index contributed by atoms with van der Waals surface area (Å²) in [4.78, 5) is 24.5. The molecule has 1 atom stereocenters. The molecule has 0 saturated carbocycles. The SMILES string of the molecule is CCNC(=O)C1COCCN1C(=O)CN. The van der Waals surface area contributed by atoms with E-state index in [4.69, 9.17) is 10.5 Å². The average molecular weight is 215 g/mol. The maximum Gasteiger partial charge on any atom is 0.245 e. The van der Waals surface area contributed by atoms with Gasteiger partial charge in [0.15, 0.2) is 0 Å². The number of nitrogens with one attached hydrogen (secondary N) is 1. The number of hydrogen-bond acceptors (Lipinski definition) is 4. The summed E-state index contributed by atoms with van der Waals surface area (Å²) < 4.78 is 5.18. The molecule has 6 heteroatoms. The lowest BCUT2D eigenvalue weighted by Crippen LogP contribution is -2.57. The zero-order valence-electron chi connectivity index (χ0n) is 8.86. The largest absolute Gasteiger partial charge is 0.377 e. The van der Waals surface area contributed by atoms with Gasteiger partial charge in [0.25, 0.3) is 0 Å². The van der Waals surface area contributed by atoms with E-state index >= 15 is 0 Å². The standard InChI is InChI=1S/C9H17N3O3/c1-2-11-9(14)7-6-15-4-3-12(7)8(13)5-10/h7H,2-6,10H2,1H3,(H,11,14).